The second-order valence-corrected chi connectivity index (χ2v) is 11.2. The third-order valence-electron chi connectivity index (χ3n) is 7.47. The molecular formula is C30H54O6. The first-order valence-corrected chi connectivity index (χ1v) is 14.5. The van der Waals surface area contributed by atoms with Gasteiger partial charge in [0, 0.05) is 12.8 Å². The van der Waals surface area contributed by atoms with E-state index in [2.05, 4.69) is 27.7 Å². The molecule has 0 fully saturated rings. The van der Waals surface area contributed by atoms with Crippen LogP contribution in [0.3, 0.4) is 0 Å². The third-order valence-corrected chi connectivity index (χ3v) is 7.47. The SMILES string of the molecule is CCCC(=O)C(CC)(CCCCC(C)C)C(=O)OOC(=O)C(CC)(CCCCC(C)C)C(=O)CCC. The van der Waals surface area contributed by atoms with Crippen LogP contribution in [0.25, 0.3) is 0 Å². The van der Waals surface area contributed by atoms with Crippen LogP contribution in [0.2, 0.25) is 0 Å². The molecule has 0 N–H and O–H groups in total. The summed E-state index contributed by atoms with van der Waals surface area (Å²) >= 11 is 0. The molecule has 0 aromatic rings. The van der Waals surface area contributed by atoms with Crippen molar-refractivity contribution < 1.29 is 29.0 Å². The summed E-state index contributed by atoms with van der Waals surface area (Å²) in [4.78, 5) is 63.0. The fourth-order valence-electron chi connectivity index (χ4n) is 4.87. The maximum Gasteiger partial charge on any atom is 0.368 e. The van der Waals surface area contributed by atoms with Crippen LogP contribution in [0.1, 0.15) is 145 Å². The number of carbonyl (C=O) groups is 4. The van der Waals surface area contributed by atoms with E-state index in [0.29, 0.717) is 50.4 Å². The van der Waals surface area contributed by atoms with Crippen molar-refractivity contribution in [3.8, 4) is 0 Å². The molecule has 0 aliphatic rings. The zero-order valence-electron chi connectivity index (χ0n) is 24.5. The highest BCUT2D eigenvalue weighted by atomic mass is 17.2. The second kappa shape index (κ2) is 17.7. The summed E-state index contributed by atoms with van der Waals surface area (Å²) in [5.41, 5.74) is -2.65. The Morgan fingerprint density at radius 1 is 0.583 bits per heavy atom. The normalized spacial score (nSPS) is 14.8. The van der Waals surface area contributed by atoms with Gasteiger partial charge in [-0.25, -0.2) is 19.4 Å². The number of carbonyl (C=O) groups excluding carboxylic acids is 4. The van der Waals surface area contributed by atoms with Gasteiger partial charge in [0.15, 0.2) is 0 Å². The Morgan fingerprint density at radius 3 is 1.17 bits per heavy atom. The van der Waals surface area contributed by atoms with Gasteiger partial charge in [-0.2, -0.15) is 0 Å². The Bertz CT molecular complexity index is 625. The fraction of sp³-hybridized carbons (Fsp3) is 0.867. The van der Waals surface area contributed by atoms with Crippen LogP contribution in [0.4, 0.5) is 0 Å². The van der Waals surface area contributed by atoms with Gasteiger partial charge in [-0.1, -0.05) is 93.9 Å². The molecule has 36 heavy (non-hydrogen) atoms. The molecule has 0 heterocycles. The van der Waals surface area contributed by atoms with Crippen molar-refractivity contribution in [3.63, 3.8) is 0 Å². The first kappa shape index (κ1) is 34.3. The van der Waals surface area contributed by atoms with Crippen LogP contribution in [-0.4, -0.2) is 23.5 Å². The summed E-state index contributed by atoms with van der Waals surface area (Å²) in [6.45, 7) is 16.0. The van der Waals surface area contributed by atoms with Gasteiger partial charge >= 0.3 is 11.9 Å². The molecule has 0 aromatic carbocycles. The summed E-state index contributed by atoms with van der Waals surface area (Å²) in [5, 5.41) is 0. The number of hydrogen-bond acceptors (Lipinski definition) is 6. The molecule has 0 aliphatic heterocycles. The number of unbranched alkanes of at least 4 members (excludes halogenated alkanes) is 2. The fourth-order valence-corrected chi connectivity index (χ4v) is 4.87. The van der Waals surface area contributed by atoms with E-state index in [1.54, 1.807) is 13.8 Å². The molecule has 6 nitrogen and oxygen atoms in total. The predicted molar refractivity (Wildman–Crippen MR) is 144 cm³/mol. The number of rotatable bonds is 20. The van der Waals surface area contributed by atoms with Crippen molar-refractivity contribution in [3.05, 3.63) is 0 Å². The Hall–Kier alpha value is -1.72. The maximum absolute atomic E-state index is 13.3. The monoisotopic (exact) mass is 510 g/mol. The third kappa shape index (κ3) is 10.3. The largest absolute Gasteiger partial charge is 0.368 e. The highest BCUT2D eigenvalue weighted by Gasteiger charge is 2.48. The van der Waals surface area contributed by atoms with Crippen molar-refractivity contribution in [2.24, 2.45) is 22.7 Å². The van der Waals surface area contributed by atoms with E-state index < -0.39 is 22.8 Å². The smallest absolute Gasteiger partial charge is 0.298 e. The van der Waals surface area contributed by atoms with Crippen LogP contribution in [0.15, 0.2) is 0 Å². The molecule has 0 saturated carbocycles. The van der Waals surface area contributed by atoms with E-state index in [4.69, 9.17) is 9.78 Å². The number of Topliss-reactive ketones (excluding diaryl/α,β-unsaturated/α-hetero) is 2. The van der Waals surface area contributed by atoms with E-state index >= 15 is 0 Å². The zero-order chi connectivity index (χ0) is 27.8. The molecule has 0 aliphatic carbocycles. The topological polar surface area (TPSA) is 86.7 Å². The Balaban J connectivity index is 5.66. The first-order chi connectivity index (χ1) is 17.0. The van der Waals surface area contributed by atoms with Crippen LogP contribution in [-0.2, 0) is 29.0 Å². The molecule has 0 rings (SSSR count). The van der Waals surface area contributed by atoms with E-state index in [1.807, 2.05) is 13.8 Å². The van der Waals surface area contributed by atoms with Gasteiger partial charge in [0.05, 0.1) is 0 Å². The van der Waals surface area contributed by atoms with Gasteiger partial charge in [-0.15, -0.1) is 0 Å². The van der Waals surface area contributed by atoms with Gasteiger partial charge < -0.3 is 0 Å². The van der Waals surface area contributed by atoms with Gasteiger partial charge in [0.25, 0.3) is 0 Å². The number of ketones is 2. The average molecular weight is 511 g/mol. The molecule has 0 radical (unpaired) electrons. The molecule has 2 atom stereocenters. The minimum atomic E-state index is -1.33. The molecule has 2 unspecified atom stereocenters. The maximum atomic E-state index is 13.3. The predicted octanol–water partition coefficient (Wildman–Crippen LogP) is 7.95. The van der Waals surface area contributed by atoms with Gasteiger partial charge in [0.1, 0.15) is 22.4 Å². The van der Waals surface area contributed by atoms with E-state index in [0.717, 1.165) is 25.7 Å². The number of hydrogen-bond donors (Lipinski definition) is 0. The lowest BCUT2D eigenvalue weighted by atomic mass is 9.74. The lowest BCUT2D eigenvalue weighted by molar-refractivity contribution is -0.272. The molecule has 0 amide bonds. The summed E-state index contributed by atoms with van der Waals surface area (Å²) in [6.07, 6.45) is 8.38. The van der Waals surface area contributed by atoms with Gasteiger partial charge in [0.2, 0.25) is 0 Å². The lowest BCUT2D eigenvalue weighted by Crippen LogP contribution is -2.44. The van der Waals surface area contributed by atoms with Crippen LogP contribution in [0.5, 0.6) is 0 Å². The average Bonchev–Trinajstić information content (AvgIpc) is 2.82. The van der Waals surface area contributed by atoms with Crippen molar-refractivity contribution in [1.82, 2.24) is 0 Å². The highest BCUT2D eigenvalue weighted by molar-refractivity contribution is 6.05. The van der Waals surface area contributed by atoms with E-state index in [1.165, 1.54) is 0 Å². The van der Waals surface area contributed by atoms with Crippen molar-refractivity contribution >= 4 is 23.5 Å². The second-order valence-electron chi connectivity index (χ2n) is 11.2. The van der Waals surface area contributed by atoms with Gasteiger partial charge in [-0.3, -0.25) is 9.59 Å². The highest BCUT2D eigenvalue weighted by Crippen LogP contribution is 2.37. The molecule has 210 valence electrons. The van der Waals surface area contributed by atoms with E-state index in [-0.39, 0.29) is 37.2 Å². The Kier molecular flexibility index (Phi) is 16.8. The molecule has 0 bridgehead atoms. The standard InChI is InChI=1S/C30H54O6/c1-9-17-25(31)29(11-3,21-15-13-19-23(5)6)27(33)35-36-28(34)30(12-4,26(32)18-10-2)22-16-14-20-24(7)8/h23-24H,9-22H2,1-8H3. The Labute approximate surface area is 220 Å². The molecule has 0 saturated heterocycles. The van der Waals surface area contributed by atoms with Crippen molar-refractivity contribution in [2.75, 3.05) is 0 Å². The van der Waals surface area contributed by atoms with Crippen LogP contribution in [0, 0.1) is 22.7 Å². The summed E-state index contributed by atoms with van der Waals surface area (Å²) < 4.78 is 0. The molecular weight excluding hydrogens is 456 g/mol. The van der Waals surface area contributed by atoms with Crippen LogP contribution >= 0.6 is 0 Å². The van der Waals surface area contributed by atoms with Crippen LogP contribution < -0.4 is 0 Å². The Morgan fingerprint density at radius 2 is 0.917 bits per heavy atom. The minimum Gasteiger partial charge on any atom is -0.298 e. The zero-order valence-corrected chi connectivity index (χ0v) is 24.5. The van der Waals surface area contributed by atoms with Crippen molar-refractivity contribution in [1.29, 1.82) is 0 Å². The summed E-state index contributed by atoms with van der Waals surface area (Å²) in [6, 6.07) is 0. The quantitative estimate of drug-likeness (QED) is 0.0714. The molecule has 0 spiro atoms. The lowest BCUT2D eigenvalue weighted by Gasteiger charge is -2.30. The van der Waals surface area contributed by atoms with Crippen molar-refractivity contribution in [2.45, 2.75) is 145 Å². The minimum absolute atomic E-state index is 0.171. The first-order valence-electron chi connectivity index (χ1n) is 14.5. The summed E-state index contributed by atoms with van der Waals surface area (Å²) in [5.74, 6) is -0.873. The van der Waals surface area contributed by atoms with Gasteiger partial charge in [-0.05, 0) is 50.4 Å². The van der Waals surface area contributed by atoms with E-state index in [9.17, 15) is 19.2 Å². The summed E-state index contributed by atoms with van der Waals surface area (Å²) in [7, 11) is 0. The molecule has 6 heteroatoms. The molecule has 0 aromatic heterocycles.